The molecule has 0 aromatic heterocycles. The van der Waals surface area contributed by atoms with Crippen molar-refractivity contribution in [2.45, 2.75) is 51.2 Å². The lowest BCUT2D eigenvalue weighted by atomic mass is 9.97. The first-order valence-electron chi connectivity index (χ1n) is 8.35. The Kier molecular flexibility index (Phi) is 6.42. The minimum absolute atomic E-state index is 0.0180. The second-order valence-corrected chi connectivity index (χ2v) is 6.32. The molecule has 3 unspecified atom stereocenters. The van der Waals surface area contributed by atoms with Crippen molar-refractivity contribution in [3.05, 3.63) is 29.8 Å². The second-order valence-electron chi connectivity index (χ2n) is 6.32. The molecule has 0 bridgehead atoms. The number of nitrogens with zero attached hydrogens (tertiary/aromatic N) is 1. The van der Waals surface area contributed by atoms with Crippen LogP contribution in [0.4, 0.5) is 0 Å². The smallest absolute Gasteiger partial charge is 0.234 e. The van der Waals surface area contributed by atoms with E-state index in [4.69, 9.17) is 4.74 Å². The number of ether oxygens (including phenoxy) is 1. The van der Waals surface area contributed by atoms with Gasteiger partial charge in [0, 0.05) is 17.6 Å². The van der Waals surface area contributed by atoms with E-state index in [0.717, 1.165) is 30.6 Å². The fraction of sp³-hybridized carbons (Fsp3) is 0.611. The summed E-state index contributed by atoms with van der Waals surface area (Å²) in [6.07, 6.45) is 3.14. The van der Waals surface area contributed by atoms with Crippen LogP contribution in [0.2, 0.25) is 0 Å². The highest BCUT2D eigenvalue weighted by Crippen LogP contribution is 2.25. The van der Waals surface area contributed by atoms with Crippen LogP contribution in [-0.2, 0) is 4.79 Å². The number of amides is 1. The number of hydrogen-bond donors (Lipinski definition) is 2. The van der Waals surface area contributed by atoms with E-state index in [0.29, 0.717) is 12.6 Å². The zero-order valence-electron chi connectivity index (χ0n) is 14.3. The Morgan fingerprint density at radius 2 is 2.17 bits per heavy atom. The van der Waals surface area contributed by atoms with Gasteiger partial charge in [0.15, 0.2) is 0 Å². The van der Waals surface area contributed by atoms with Crippen LogP contribution in [0.25, 0.3) is 0 Å². The molecule has 5 nitrogen and oxygen atoms in total. The number of rotatable bonds is 6. The van der Waals surface area contributed by atoms with E-state index in [1.165, 1.54) is 0 Å². The fourth-order valence-electron chi connectivity index (χ4n) is 3.38. The number of aliphatic hydroxyl groups excluding tert-OH is 1. The van der Waals surface area contributed by atoms with Crippen LogP contribution >= 0.6 is 0 Å². The maximum atomic E-state index is 12.4. The van der Waals surface area contributed by atoms with Crippen molar-refractivity contribution in [3.63, 3.8) is 0 Å². The average Bonchev–Trinajstić information content (AvgIpc) is 2.56. The van der Waals surface area contributed by atoms with Crippen molar-refractivity contribution < 1.29 is 14.6 Å². The van der Waals surface area contributed by atoms with Crippen molar-refractivity contribution in [2.24, 2.45) is 0 Å². The summed E-state index contributed by atoms with van der Waals surface area (Å²) >= 11 is 0. The van der Waals surface area contributed by atoms with Crippen molar-refractivity contribution in [2.75, 3.05) is 20.3 Å². The molecule has 0 spiro atoms. The summed E-state index contributed by atoms with van der Waals surface area (Å²) in [5.74, 6) is 0.760. The lowest BCUT2D eigenvalue weighted by Gasteiger charge is -2.39. The lowest BCUT2D eigenvalue weighted by Crippen LogP contribution is -2.51. The Hall–Kier alpha value is -1.59. The SMILES string of the molecule is COc1ccccc1C(C)NC(=O)CN1C(C)CCCC1CO. The molecule has 1 aliphatic heterocycles. The summed E-state index contributed by atoms with van der Waals surface area (Å²) in [7, 11) is 1.63. The largest absolute Gasteiger partial charge is 0.496 e. The average molecular weight is 320 g/mol. The molecule has 23 heavy (non-hydrogen) atoms. The summed E-state index contributed by atoms with van der Waals surface area (Å²) in [5, 5.41) is 12.6. The monoisotopic (exact) mass is 320 g/mol. The number of hydrogen-bond acceptors (Lipinski definition) is 4. The molecule has 3 atom stereocenters. The summed E-state index contributed by atoms with van der Waals surface area (Å²) in [5.41, 5.74) is 0.966. The Morgan fingerprint density at radius 3 is 2.87 bits per heavy atom. The van der Waals surface area contributed by atoms with Gasteiger partial charge in [-0.3, -0.25) is 9.69 Å². The molecule has 2 N–H and O–H groups in total. The Bertz CT molecular complexity index is 521. The first kappa shape index (κ1) is 17.8. The second kappa shape index (κ2) is 8.31. The fourth-order valence-corrected chi connectivity index (χ4v) is 3.38. The molecular weight excluding hydrogens is 292 g/mol. The Balaban J connectivity index is 1.98. The van der Waals surface area contributed by atoms with E-state index in [9.17, 15) is 9.90 Å². The standard InChI is InChI=1S/C18H28N2O3/c1-13-7-6-8-15(12-21)20(13)11-18(22)19-14(2)16-9-4-5-10-17(16)23-3/h4-5,9-10,13-15,21H,6-8,11-12H2,1-3H3,(H,19,22). The third kappa shape index (κ3) is 4.45. The van der Waals surface area contributed by atoms with Gasteiger partial charge in [0.2, 0.25) is 5.91 Å². The van der Waals surface area contributed by atoms with Gasteiger partial charge in [-0.2, -0.15) is 0 Å². The quantitative estimate of drug-likeness (QED) is 0.843. The lowest BCUT2D eigenvalue weighted by molar-refractivity contribution is -0.125. The van der Waals surface area contributed by atoms with Gasteiger partial charge < -0.3 is 15.2 Å². The van der Waals surface area contributed by atoms with Crippen LogP contribution in [0.3, 0.4) is 0 Å². The number of carbonyl (C=O) groups excluding carboxylic acids is 1. The van der Waals surface area contributed by atoms with Gasteiger partial charge >= 0.3 is 0 Å². The van der Waals surface area contributed by atoms with Crippen molar-refractivity contribution in [1.29, 1.82) is 0 Å². The molecule has 1 aromatic rings. The molecule has 1 aliphatic rings. The third-order valence-electron chi connectivity index (χ3n) is 4.71. The van der Waals surface area contributed by atoms with E-state index >= 15 is 0 Å². The predicted octanol–water partition coefficient (Wildman–Crippen LogP) is 2.11. The molecule has 0 radical (unpaired) electrons. The molecule has 1 fully saturated rings. The van der Waals surface area contributed by atoms with Gasteiger partial charge in [0.05, 0.1) is 26.3 Å². The Labute approximate surface area is 138 Å². The zero-order valence-corrected chi connectivity index (χ0v) is 14.3. The highest BCUT2D eigenvalue weighted by molar-refractivity contribution is 5.78. The van der Waals surface area contributed by atoms with Gasteiger partial charge in [0.25, 0.3) is 0 Å². The number of carbonyl (C=O) groups is 1. The minimum Gasteiger partial charge on any atom is -0.496 e. The topological polar surface area (TPSA) is 61.8 Å². The highest BCUT2D eigenvalue weighted by atomic mass is 16.5. The van der Waals surface area contributed by atoms with E-state index in [-0.39, 0.29) is 24.6 Å². The summed E-state index contributed by atoms with van der Waals surface area (Å²) < 4.78 is 5.35. The van der Waals surface area contributed by atoms with Crippen molar-refractivity contribution in [1.82, 2.24) is 10.2 Å². The van der Waals surface area contributed by atoms with Gasteiger partial charge in [0.1, 0.15) is 5.75 Å². The van der Waals surface area contributed by atoms with Gasteiger partial charge in [-0.05, 0) is 32.8 Å². The molecule has 1 amide bonds. The first-order valence-corrected chi connectivity index (χ1v) is 8.35. The number of likely N-dealkylation sites (tertiary alicyclic amines) is 1. The molecule has 0 aliphatic carbocycles. The number of nitrogens with one attached hydrogen (secondary N) is 1. The molecule has 2 rings (SSSR count). The molecule has 128 valence electrons. The molecule has 1 aromatic carbocycles. The van der Waals surface area contributed by atoms with Crippen molar-refractivity contribution >= 4 is 5.91 Å². The summed E-state index contributed by atoms with van der Waals surface area (Å²) in [4.78, 5) is 14.5. The number of methoxy groups -OCH3 is 1. The van der Waals surface area contributed by atoms with Crippen LogP contribution in [-0.4, -0.2) is 48.3 Å². The molecule has 0 saturated carbocycles. The normalized spacial score (nSPS) is 23.3. The summed E-state index contributed by atoms with van der Waals surface area (Å²) in [6.45, 7) is 4.52. The minimum atomic E-state index is -0.119. The van der Waals surface area contributed by atoms with E-state index in [2.05, 4.69) is 17.1 Å². The van der Waals surface area contributed by atoms with E-state index in [1.54, 1.807) is 7.11 Å². The molecule has 5 heteroatoms. The summed E-state index contributed by atoms with van der Waals surface area (Å²) in [6, 6.07) is 8.01. The van der Waals surface area contributed by atoms with Crippen LogP contribution in [0.1, 0.15) is 44.7 Å². The molecule has 1 saturated heterocycles. The maximum Gasteiger partial charge on any atom is 0.234 e. The van der Waals surface area contributed by atoms with Gasteiger partial charge in [-0.1, -0.05) is 24.6 Å². The zero-order chi connectivity index (χ0) is 16.8. The number of para-hydroxylation sites is 1. The number of piperidine rings is 1. The molecule has 1 heterocycles. The van der Waals surface area contributed by atoms with Crippen LogP contribution in [0.5, 0.6) is 5.75 Å². The van der Waals surface area contributed by atoms with Gasteiger partial charge in [-0.15, -0.1) is 0 Å². The third-order valence-corrected chi connectivity index (χ3v) is 4.71. The predicted molar refractivity (Wildman–Crippen MR) is 90.4 cm³/mol. The van der Waals surface area contributed by atoms with E-state index in [1.807, 2.05) is 31.2 Å². The first-order chi connectivity index (χ1) is 11.1. The maximum absolute atomic E-state index is 12.4. The molecular formula is C18H28N2O3. The number of aliphatic hydroxyl groups is 1. The number of benzene rings is 1. The highest BCUT2D eigenvalue weighted by Gasteiger charge is 2.29. The van der Waals surface area contributed by atoms with Gasteiger partial charge in [-0.25, -0.2) is 0 Å². The van der Waals surface area contributed by atoms with Crippen molar-refractivity contribution in [3.8, 4) is 5.75 Å². The Morgan fingerprint density at radius 1 is 1.43 bits per heavy atom. The van der Waals surface area contributed by atoms with Crippen LogP contribution in [0, 0.1) is 0 Å². The van der Waals surface area contributed by atoms with E-state index < -0.39 is 0 Å². The van der Waals surface area contributed by atoms with Crippen LogP contribution < -0.4 is 10.1 Å². The van der Waals surface area contributed by atoms with Crippen LogP contribution in [0.15, 0.2) is 24.3 Å².